The number of anilines is 1. The number of rotatable bonds is 5. The molecule has 0 unspecified atom stereocenters. The molecular weight excluding hydrogens is 262 g/mol. The lowest BCUT2D eigenvalue weighted by atomic mass is 10.00. The van der Waals surface area contributed by atoms with Crippen LogP contribution < -0.4 is 10.6 Å². The van der Waals surface area contributed by atoms with Crippen molar-refractivity contribution in [1.82, 2.24) is 10.2 Å². The van der Waals surface area contributed by atoms with E-state index in [9.17, 15) is 4.79 Å². The smallest absolute Gasteiger partial charge is 0.321 e. The molecule has 1 aromatic carbocycles. The highest BCUT2D eigenvalue weighted by molar-refractivity contribution is 5.89. The summed E-state index contributed by atoms with van der Waals surface area (Å²) in [5, 5.41) is 6.39. The number of carbonyl (C=O) groups excluding carboxylic acids is 1. The number of carbonyl (C=O) groups is 1. The Morgan fingerprint density at radius 1 is 1.33 bits per heavy atom. The van der Waals surface area contributed by atoms with Gasteiger partial charge >= 0.3 is 6.03 Å². The standard InChI is InChI=1S/C17H27N3O/c1-3-9-18-13-15-5-4-6-16(12-15)19-17(21)20-10-7-14(2)8-11-20/h4-6,12,14,18H,3,7-11,13H2,1-2H3,(H,19,21). The number of piperidine rings is 1. The fourth-order valence-corrected chi connectivity index (χ4v) is 2.58. The Hall–Kier alpha value is -1.55. The van der Waals surface area contributed by atoms with E-state index in [2.05, 4.69) is 30.5 Å². The molecule has 1 aliphatic heterocycles. The summed E-state index contributed by atoms with van der Waals surface area (Å²) >= 11 is 0. The summed E-state index contributed by atoms with van der Waals surface area (Å²) in [6.07, 6.45) is 3.34. The molecule has 0 saturated carbocycles. The molecule has 0 bridgehead atoms. The lowest BCUT2D eigenvalue weighted by molar-refractivity contribution is 0.186. The van der Waals surface area contributed by atoms with E-state index in [0.29, 0.717) is 0 Å². The highest BCUT2D eigenvalue weighted by Gasteiger charge is 2.20. The third kappa shape index (κ3) is 5.05. The Kier molecular flexibility index (Phi) is 6.05. The van der Waals surface area contributed by atoms with Gasteiger partial charge in [-0.25, -0.2) is 4.79 Å². The van der Waals surface area contributed by atoms with Crippen LogP contribution in [0.3, 0.4) is 0 Å². The van der Waals surface area contributed by atoms with Crippen LogP contribution in [0, 0.1) is 5.92 Å². The van der Waals surface area contributed by atoms with E-state index in [1.165, 1.54) is 5.56 Å². The van der Waals surface area contributed by atoms with Crippen molar-refractivity contribution >= 4 is 11.7 Å². The van der Waals surface area contributed by atoms with Crippen LogP contribution in [0.2, 0.25) is 0 Å². The van der Waals surface area contributed by atoms with Gasteiger partial charge in [-0.1, -0.05) is 26.0 Å². The molecule has 21 heavy (non-hydrogen) atoms. The third-order valence-corrected chi connectivity index (χ3v) is 4.00. The maximum atomic E-state index is 12.2. The van der Waals surface area contributed by atoms with Gasteiger partial charge in [0.1, 0.15) is 0 Å². The highest BCUT2D eigenvalue weighted by Crippen LogP contribution is 2.17. The molecule has 1 aromatic rings. The third-order valence-electron chi connectivity index (χ3n) is 4.00. The molecule has 1 aliphatic rings. The van der Waals surface area contributed by atoms with Crippen molar-refractivity contribution in [2.45, 2.75) is 39.7 Å². The van der Waals surface area contributed by atoms with Crippen LogP contribution in [0.1, 0.15) is 38.7 Å². The summed E-state index contributed by atoms with van der Waals surface area (Å²) < 4.78 is 0. The molecule has 2 rings (SSSR count). The van der Waals surface area contributed by atoms with Gasteiger partial charge in [0.25, 0.3) is 0 Å². The van der Waals surface area contributed by atoms with E-state index >= 15 is 0 Å². The monoisotopic (exact) mass is 289 g/mol. The van der Waals surface area contributed by atoms with Gasteiger partial charge in [0.05, 0.1) is 0 Å². The Morgan fingerprint density at radius 3 is 2.81 bits per heavy atom. The molecule has 0 spiro atoms. The predicted molar refractivity (Wildman–Crippen MR) is 87.4 cm³/mol. The summed E-state index contributed by atoms with van der Waals surface area (Å²) in [5.41, 5.74) is 2.09. The average Bonchev–Trinajstić information content (AvgIpc) is 2.48. The lowest BCUT2D eigenvalue weighted by Gasteiger charge is -2.30. The quantitative estimate of drug-likeness (QED) is 0.815. The second-order valence-corrected chi connectivity index (χ2v) is 5.98. The topological polar surface area (TPSA) is 44.4 Å². The molecule has 1 fully saturated rings. The number of urea groups is 1. The fraction of sp³-hybridized carbons (Fsp3) is 0.588. The molecule has 0 aromatic heterocycles. The van der Waals surface area contributed by atoms with Crippen molar-refractivity contribution in [2.24, 2.45) is 5.92 Å². The van der Waals surface area contributed by atoms with Crippen LogP contribution in [-0.4, -0.2) is 30.6 Å². The van der Waals surface area contributed by atoms with Crippen molar-refractivity contribution < 1.29 is 4.79 Å². The number of benzene rings is 1. The Morgan fingerprint density at radius 2 is 2.10 bits per heavy atom. The number of nitrogens with zero attached hydrogens (tertiary/aromatic N) is 1. The van der Waals surface area contributed by atoms with Gasteiger partial charge in [0, 0.05) is 25.3 Å². The van der Waals surface area contributed by atoms with Crippen molar-refractivity contribution in [3.05, 3.63) is 29.8 Å². The maximum absolute atomic E-state index is 12.2. The number of likely N-dealkylation sites (tertiary alicyclic amines) is 1. The summed E-state index contributed by atoms with van der Waals surface area (Å²) in [6.45, 7) is 8.00. The summed E-state index contributed by atoms with van der Waals surface area (Å²) in [6, 6.07) is 8.11. The van der Waals surface area contributed by atoms with E-state index < -0.39 is 0 Å². The highest BCUT2D eigenvalue weighted by atomic mass is 16.2. The molecule has 4 heteroatoms. The van der Waals surface area contributed by atoms with E-state index in [1.807, 2.05) is 23.1 Å². The van der Waals surface area contributed by atoms with Crippen molar-refractivity contribution in [3.63, 3.8) is 0 Å². The maximum Gasteiger partial charge on any atom is 0.321 e. The summed E-state index contributed by atoms with van der Waals surface area (Å²) in [7, 11) is 0. The van der Waals surface area contributed by atoms with Gasteiger partial charge in [-0.2, -0.15) is 0 Å². The first-order chi connectivity index (χ1) is 10.2. The fourth-order valence-electron chi connectivity index (χ4n) is 2.58. The molecule has 2 N–H and O–H groups in total. The second-order valence-electron chi connectivity index (χ2n) is 5.98. The van der Waals surface area contributed by atoms with E-state index in [0.717, 1.165) is 57.0 Å². The van der Waals surface area contributed by atoms with Crippen LogP contribution in [0.5, 0.6) is 0 Å². The average molecular weight is 289 g/mol. The minimum atomic E-state index is 0.0283. The zero-order chi connectivity index (χ0) is 15.1. The molecule has 1 saturated heterocycles. The molecule has 0 aliphatic carbocycles. The zero-order valence-electron chi connectivity index (χ0n) is 13.2. The molecule has 0 atom stereocenters. The van der Waals surface area contributed by atoms with E-state index in [4.69, 9.17) is 0 Å². The summed E-state index contributed by atoms with van der Waals surface area (Å²) in [4.78, 5) is 14.2. The van der Waals surface area contributed by atoms with Gasteiger partial charge in [-0.3, -0.25) is 0 Å². The van der Waals surface area contributed by atoms with Crippen LogP contribution in [0.15, 0.2) is 24.3 Å². The Bertz CT molecular complexity index is 453. The molecule has 116 valence electrons. The van der Waals surface area contributed by atoms with Gasteiger partial charge < -0.3 is 15.5 Å². The van der Waals surface area contributed by atoms with Crippen molar-refractivity contribution in [3.8, 4) is 0 Å². The number of nitrogens with one attached hydrogen (secondary N) is 2. The normalized spacial score (nSPS) is 16.0. The van der Waals surface area contributed by atoms with E-state index in [-0.39, 0.29) is 6.03 Å². The molecule has 4 nitrogen and oxygen atoms in total. The first-order valence-corrected chi connectivity index (χ1v) is 8.04. The molecule has 1 heterocycles. The minimum Gasteiger partial charge on any atom is -0.325 e. The molecule has 0 radical (unpaired) electrons. The van der Waals surface area contributed by atoms with Crippen molar-refractivity contribution in [2.75, 3.05) is 25.0 Å². The lowest BCUT2D eigenvalue weighted by Crippen LogP contribution is -2.40. The molecular formula is C17H27N3O. The van der Waals surface area contributed by atoms with Crippen LogP contribution >= 0.6 is 0 Å². The largest absolute Gasteiger partial charge is 0.325 e. The summed E-state index contributed by atoms with van der Waals surface area (Å²) in [5.74, 6) is 0.738. The van der Waals surface area contributed by atoms with Crippen molar-refractivity contribution in [1.29, 1.82) is 0 Å². The predicted octanol–water partition coefficient (Wildman–Crippen LogP) is 3.45. The zero-order valence-corrected chi connectivity index (χ0v) is 13.2. The van der Waals surface area contributed by atoms with Crippen LogP contribution in [-0.2, 0) is 6.54 Å². The van der Waals surface area contributed by atoms with Gasteiger partial charge in [-0.15, -0.1) is 0 Å². The van der Waals surface area contributed by atoms with Gasteiger partial charge in [0.2, 0.25) is 0 Å². The number of hydrogen-bond acceptors (Lipinski definition) is 2. The van der Waals surface area contributed by atoms with Crippen LogP contribution in [0.4, 0.5) is 10.5 Å². The van der Waals surface area contributed by atoms with Crippen LogP contribution in [0.25, 0.3) is 0 Å². The SMILES string of the molecule is CCCNCc1cccc(NC(=O)N2CCC(C)CC2)c1. The number of hydrogen-bond donors (Lipinski definition) is 2. The van der Waals surface area contributed by atoms with Gasteiger partial charge in [0.15, 0.2) is 0 Å². The second kappa shape index (κ2) is 8.03. The van der Waals surface area contributed by atoms with E-state index in [1.54, 1.807) is 0 Å². The minimum absolute atomic E-state index is 0.0283. The first kappa shape index (κ1) is 15.8. The Labute approximate surface area is 127 Å². The van der Waals surface area contributed by atoms with Gasteiger partial charge in [-0.05, 0) is 49.4 Å². The number of amides is 2. The molecule has 2 amide bonds. The first-order valence-electron chi connectivity index (χ1n) is 8.04. The Balaban J connectivity index is 1.87.